The summed E-state index contributed by atoms with van der Waals surface area (Å²) in [6, 6.07) is 8.72. The van der Waals surface area contributed by atoms with E-state index >= 15 is 0 Å². The maximum absolute atomic E-state index is 12.0. The fraction of sp³-hybridized carbons (Fsp3) is 0.353. The summed E-state index contributed by atoms with van der Waals surface area (Å²) in [5.41, 5.74) is 0.691. The van der Waals surface area contributed by atoms with Crippen LogP contribution in [0.2, 0.25) is 5.02 Å². The van der Waals surface area contributed by atoms with E-state index in [9.17, 15) is 4.79 Å². The summed E-state index contributed by atoms with van der Waals surface area (Å²) in [7, 11) is 0. The highest BCUT2D eigenvalue weighted by Crippen LogP contribution is 2.20. The van der Waals surface area contributed by atoms with E-state index < -0.39 is 0 Å². The highest BCUT2D eigenvalue weighted by molar-refractivity contribution is 6.30. The van der Waals surface area contributed by atoms with Gasteiger partial charge in [-0.3, -0.25) is 0 Å². The van der Waals surface area contributed by atoms with Crippen molar-refractivity contribution in [1.29, 1.82) is 0 Å². The predicted molar refractivity (Wildman–Crippen MR) is 95.4 cm³/mol. The largest absolute Gasteiger partial charge is 0.341 e. The lowest BCUT2D eigenvalue weighted by Crippen LogP contribution is -2.40. The van der Waals surface area contributed by atoms with Crippen LogP contribution in [0.3, 0.4) is 0 Å². The van der Waals surface area contributed by atoms with Gasteiger partial charge in [-0.1, -0.05) is 17.7 Å². The predicted octanol–water partition coefficient (Wildman–Crippen LogP) is 3.17. The molecule has 24 heavy (non-hydrogen) atoms. The molecule has 0 saturated carbocycles. The van der Waals surface area contributed by atoms with E-state index in [1.807, 2.05) is 12.1 Å². The van der Waals surface area contributed by atoms with Gasteiger partial charge < -0.3 is 15.5 Å². The molecule has 1 aromatic heterocycles. The zero-order valence-corrected chi connectivity index (χ0v) is 14.0. The van der Waals surface area contributed by atoms with Crippen molar-refractivity contribution in [2.75, 3.05) is 29.9 Å². The quantitative estimate of drug-likeness (QED) is 0.893. The molecular weight excluding hydrogens is 326 g/mol. The van der Waals surface area contributed by atoms with Gasteiger partial charge in [0.2, 0.25) is 5.95 Å². The van der Waals surface area contributed by atoms with E-state index in [-0.39, 0.29) is 6.03 Å². The minimum atomic E-state index is -0.203. The van der Waals surface area contributed by atoms with Crippen LogP contribution in [0.5, 0.6) is 0 Å². The van der Waals surface area contributed by atoms with Gasteiger partial charge in [-0.2, -0.15) is 0 Å². The number of amides is 2. The third kappa shape index (κ3) is 4.58. The molecule has 2 aromatic rings. The Morgan fingerprint density at radius 3 is 2.67 bits per heavy atom. The fourth-order valence-corrected chi connectivity index (χ4v) is 2.96. The second-order valence-electron chi connectivity index (χ2n) is 5.82. The van der Waals surface area contributed by atoms with Crippen LogP contribution in [-0.2, 0) is 0 Å². The summed E-state index contributed by atoms with van der Waals surface area (Å²) in [4.78, 5) is 22.7. The Kier molecular flexibility index (Phi) is 5.48. The number of urea groups is 1. The molecular formula is C17H20ClN5O. The lowest BCUT2D eigenvalue weighted by Gasteiger charge is -2.31. The topological polar surface area (TPSA) is 70.2 Å². The molecule has 1 aliphatic heterocycles. The van der Waals surface area contributed by atoms with Crippen LogP contribution in [0.15, 0.2) is 42.7 Å². The molecule has 0 radical (unpaired) electrons. The number of anilines is 2. The van der Waals surface area contributed by atoms with Gasteiger partial charge >= 0.3 is 6.03 Å². The Labute approximate surface area is 146 Å². The van der Waals surface area contributed by atoms with Crippen LogP contribution in [0, 0.1) is 5.92 Å². The molecule has 1 saturated heterocycles. The second-order valence-corrected chi connectivity index (χ2v) is 6.26. The number of rotatable bonds is 4. The highest BCUT2D eigenvalue weighted by Gasteiger charge is 2.21. The molecule has 2 amide bonds. The van der Waals surface area contributed by atoms with Crippen molar-refractivity contribution in [3.8, 4) is 0 Å². The zero-order valence-electron chi connectivity index (χ0n) is 13.3. The van der Waals surface area contributed by atoms with Gasteiger partial charge in [-0.25, -0.2) is 14.8 Å². The van der Waals surface area contributed by atoms with Crippen LogP contribution in [0.25, 0.3) is 0 Å². The second kappa shape index (κ2) is 7.97. The number of nitrogens with one attached hydrogen (secondary N) is 2. The lowest BCUT2D eigenvalue weighted by molar-refractivity contribution is 0.248. The Morgan fingerprint density at radius 1 is 1.21 bits per heavy atom. The smallest absolute Gasteiger partial charge is 0.319 e. The molecule has 2 N–H and O–H groups in total. The minimum absolute atomic E-state index is 0.203. The van der Waals surface area contributed by atoms with Crippen molar-refractivity contribution < 1.29 is 4.79 Å². The third-order valence-corrected chi connectivity index (χ3v) is 4.32. The standard InChI is InChI=1S/C17H20ClN5O/c18-14-3-1-4-15(11-14)22-17(24)21-12-13-5-9-23(10-6-13)16-19-7-2-8-20-16/h1-4,7-8,11,13H,5-6,9-10,12H2,(H2,21,22,24). The van der Waals surface area contributed by atoms with Crippen LogP contribution >= 0.6 is 11.6 Å². The summed E-state index contributed by atoms with van der Waals surface area (Å²) in [5, 5.41) is 6.32. The van der Waals surface area contributed by atoms with E-state index in [2.05, 4.69) is 25.5 Å². The Bertz CT molecular complexity index is 674. The minimum Gasteiger partial charge on any atom is -0.341 e. The zero-order chi connectivity index (χ0) is 16.8. The van der Waals surface area contributed by atoms with Gasteiger partial charge in [0, 0.05) is 42.7 Å². The van der Waals surface area contributed by atoms with Gasteiger partial charge in [0.1, 0.15) is 0 Å². The molecule has 1 fully saturated rings. The molecule has 7 heteroatoms. The first-order valence-corrected chi connectivity index (χ1v) is 8.41. The van der Waals surface area contributed by atoms with Gasteiger partial charge in [0.25, 0.3) is 0 Å². The number of carbonyl (C=O) groups excluding carboxylic acids is 1. The fourth-order valence-electron chi connectivity index (χ4n) is 2.77. The monoisotopic (exact) mass is 345 g/mol. The third-order valence-electron chi connectivity index (χ3n) is 4.08. The summed E-state index contributed by atoms with van der Waals surface area (Å²) in [6.45, 7) is 2.48. The highest BCUT2D eigenvalue weighted by atomic mass is 35.5. The number of nitrogens with zero attached hydrogens (tertiary/aromatic N) is 3. The molecule has 0 aliphatic carbocycles. The summed E-state index contributed by atoms with van der Waals surface area (Å²) in [5.74, 6) is 1.25. The number of aromatic nitrogens is 2. The number of carbonyl (C=O) groups is 1. The first-order valence-electron chi connectivity index (χ1n) is 8.03. The van der Waals surface area contributed by atoms with Crippen LogP contribution in [-0.4, -0.2) is 35.6 Å². The number of piperidine rings is 1. The Morgan fingerprint density at radius 2 is 1.96 bits per heavy atom. The average Bonchev–Trinajstić information content (AvgIpc) is 2.61. The van der Waals surface area contributed by atoms with E-state index in [0.29, 0.717) is 23.2 Å². The van der Waals surface area contributed by atoms with E-state index in [0.717, 1.165) is 31.9 Å². The van der Waals surface area contributed by atoms with Crippen molar-refractivity contribution >= 4 is 29.3 Å². The van der Waals surface area contributed by atoms with E-state index in [1.165, 1.54) is 0 Å². The molecule has 0 spiro atoms. The molecule has 3 rings (SSSR count). The molecule has 6 nitrogen and oxygen atoms in total. The molecule has 2 heterocycles. The molecule has 0 bridgehead atoms. The average molecular weight is 346 g/mol. The molecule has 1 aromatic carbocycles. The van der Waals surface area contributed by atoms with E-state index in [1.54, 1.807) is 30.6 Å². The number of benzene rings is 1. The first kappa shape index (κ1) is 16.5. The Hall–Kier alpha value is -2.34. The van der Waals surface area contributed by atoms with Crippen molar-refractivity contribution in [2.24, 2.45) is 5.92 Å². The molecule has 126 valence electrons. The van der Waals surface area contributed by atoms with Gasteiger partial charge in [0.05, 0.1) is 0 Å². The van der Waals surface area contributed by atoms with Crippen molar-refractivity contribution in [1.82, 2.24) is 15.3 Å². The van der Waals surface area contributed by atoms with Gasteiger partial charge in [0.15, 0.2) is 0 Å². The molecule has 0 atom stereocenters. The van der Waals surface area contributed by atoms with Gasteiger partial charge in [-0.15, -0.1) is 0 Å². The van der Waals surface area contributed by atoms with Crippen LogP contribution < -0.4 is 15.5 Å². The van der Waals surface area contributed by atoms with Gasteiger partial charge in [-0.05, 0) is 43.0 Å². The normalized spacial score (nSPS) is 15.1. The van der Waals surface area contributed by atoms with E-state index in [4.69, 9.17) is 11.6 Å². The van der Waals surface area contributed by atoms with Crippen LogP contribution in [0.1, 0.15) is 12.8 Å². The maximum atomic E-state index is 12.0. The lowest BCUT2D eigenvalue weighted by atomic mass is 9.97. The molecule has 1 aliphatic rings. The van der Waals surface area contributed by atoms with Crippen molar-refractivity contribution in [3.05, 3.63) is 47.7 Å². The maximum Gasteiger partial charge on any atom is 0.319 e. The number of hydrogen-bond donors (Lipinski definition) is 2. The molecule has 0 unspecified atom stereocenters. The summed E-state index contributed by atoms with van der Waals surface area (Å²) < 4.78 is 0. The van der Waals surface area contributed by atoms with Crippen LogP contribution in [0.4, 0.5) is 16.4 Å². The first-order chi connectivity index (χ1) is 11.7. The number of halogens is 1. The summed E-state index contributed by atoms with van der Waals surface area (Å²) in [6.07, 6.45) is 5.54. The van der Waals surface area contributed by atoms with Crippen molar-refractivity contribution in [2.45, 2.75) is 12.8 Å². The number of hydrogen-bond acceptors (Lipinski definition) is 4. The Balaban J connectivity index is 1.41. The summed E-state index contributed by atoms with van der Waals surface area (Å²) >= 11 is 5.90. The van der Waals surface area contributed by atoms with Crippen molar-refractivity contribution in [3.63, 3.8) is 0 Å². The SMILES string of the molecule is O=C(NCC1CCN(c2ncccn2)CC1)Nc1cccc(Cl)c1.